The van der Waals surface area contributed by atoms with Gasteiger partial charge in [0.25, 0.3) is 0 Å². The standard InChI is InChI=1S/4C25H32O4/c1-5-18-25(7-3,29-23(27)21-16-12-9-13-17-21)19-24(4,6-2)28-22(26)20-14-10-8-11-15-20;1-5-18-25(4,21(6-2)28-23(26)19-14-10-8-11-15-19)22(7-3)29-24(27)20-16-12-9-13-17-20;1-5-18-25(7-3,29-24(27)21-16-12-9-13-17-21)19(4)22(6-2)28-23(26)20-14-10-8-11-15-20;1-5-14-21(22(6-2)28-23(26)19-15-10-8-11-16-19)25(4,7-3)29-24(27)20-17-12-9-13-18-20/h8-17H,5-7,18-19H2,1-4H3;8-17,21-22H,5-7,18H2,1-4H3;8-17,19,22H,5-7,18H2,1-4H3;8-13,15-18,21-22H,5-7,14H2,1-4H3. The van der Waals surface area contributed by atoms with E-state index in [1.807, 2.05) is 222 Å². The molecule has 0 aromatic heterocycles. The first-order valence-corrected chi connectivity index (χ1v) is 41.9. The van der Waals surface area contributed by atoms with Gasteiger partial charge in [0.2, 0.25) is 0 Å². The second-order valence-corrected chi connectivity index (χ2v) is 30.3. The number of hydrogen-bond donors (Lipinski definition) is 0. The lowest BCUT2D eigenvalue weighted by molar-refractivity contribution is -0.0931. The second-order valence-electron chi connectivity index (χ2n) is 30.3. The van der Waals surface area contributed by atoms with Crippen LogP contribution in [0.15, 0.2) is 243 Å². The van der Waals surface area contributed by atoms with Crippen molar-refractivity contribution in [2.24, 2.45) is 17.3 Å². The molecule has 0 spiro atoms. The summed E-state index contributed by atoms with van der Waals surface area (Å²) in [5, 5.41) is 0. The summed E-state index contributed by atoms with van der Waals surface area (Å²) in [6.07, 6.45) is 10.7. The molecular weight excluding hydrogens is 1460 g/mol. The minimum Gasteiger partial charge on any atom is -0.458 e. The highest BCUT2D eigenvalue weighted by atomic mass is 16.6. The molecule has 0 N–H and O–H groups in total. The van der Waals surface area contributed by atoms with Crippen LogP contribution in [0.3, 0.4) is 0 Å². The zero-order valence-electron chi connectivity index (χ0n) is 71.6. The predicted molar refractivity (Wildman–Crippen MR) is 460 cm³/mol. The van der Waals surface area contributed by atoms with Gasteiger partial charge in [-0.15, -0.1) is 0 Å². The van der Waals surface area contributed by atoms with Gasteiger partial charge < -0.3 is 37.9 Å². The average molecular weight is 1590 g/mol. The van der Waals surface area contributed by atoms with Crippen LogP contribution in [0, 0.1) is 17.3 Å². The van der Waals surface area contributed by atoms with Crippen molar-refractivity contribution in [2.45, 2.75) is 267 Å². The van der Waals surface area contributed by atoms with Crippen LogP contribution in [-0.4, -0.2) is 94.6 Å². The predicted octanol–water partition coefficient (Wildman–Crippen LogP) is 24.4. The number of carbonyl (C=O) groups is 8. The summed E-state index contributed by atoms with van der Waals surface area (Å²) in [7, 11) is 0. The molecule has 624 valence electrons. The molecule has 0 aliphatic carbocycles. The van der Waals surface area contributed by atoms with Crippen LogP contribution in [-0.2, 0) is 37.9 Å². The van der Waals surface area contributed by atoms with Gasteiger partial charge in [-0.05, 0) is 188 Å². The van der Waals surface area contributed by atoms with E-state index in [4.69, 9.17) is 37.9 Å². The molecule has 0 bridgehead atoms. The Kier molecular flexibility index (Phi) is 41.0. The monoisotopic (exact) mass is 1580 g/mol. The maximum absolute atomic E-state index is 12.8. The molecule has 16 nitrogen and oxygen atoms in total. The molecule has 0 aliphatic rings. The Bertz CT molecular complexity index is 4120. The highest BCUT2D eigenvalue weighted by molar-refractivity contribution is 5.93. The van der Waals surface area contributed by atoms with E-state index >= 15 is 0 Å². The van der Waals surface area contributed by atoms with Crippen molar-refractivity contribution in [3.8, 4) is 0 Å². The van der Waals surface area contributed by atoms with Crippen LogP contribution in [0.4, 0.5) is 0 Å². The number of hydrogen-bond acceptors (Lipinski definition) is 16. The molecule has 8 aromatic carbocycles. The minimum absolute atomic E-state index is 0.0946. The number of rotatable bonds is 40. The van der Waals surface area contributed by atoms with Crippen molar-refractivity contribution in [2.75, 3.05) is 0 Å². The summed E-state index contributed by atoms with van der Waals surface area (Å²) in [5.41, 5.74) is 0.869. The molecule has 10 atom stereocenters. The molecule has 116 heavy (non-hydrogen) atoms. The quantitative estimate of drug-likeness (QED) is 0.0258. The Labute approximate surface area is 691 Å². The second kappa shape index (κ2) is 49.4. The van der Waals surface area contributed by atoms with Crippen LogP contribution in [0.5, 0.6) is 0 Å². The Balaban J connectivity index is 0.000000276. The van der Waals surface area contributed by atoms with E-state index < -0.39 is 27.8 Å². The lowest BCUT2D eigenvalue weighted by Gasteiger charge is -2.42. The lowest BCUT2D eigenvalue weighted by atomic mass is 9.73. The van der Waals surface area contributed by atoms with Gasteiger partial charge in [0, 0.05) is 23.7 Å². The molecule has 0 saturated heterocycles. The normalized spacial score (nSPS) is 15.0. The van der Waals surface area contributed by atoms with Gasteiger partial charge in [0.15, 0.2) is 0 Å². The fraction of sp³-hybridized carbons (Fsp3) is 0.440. The molecule has 8 aromatic rings. The molecule has 16 heteroatoms. The van der Waals surface area contributed by atoms with Crippen LogP contribution >= 0.6 is 0 Å². The molecule has 8 rings (SSSR count). The van der Waals surface area contributed by atoms with Gasteiger partial charge in [-0.25, -0.2) is 38.4 Å². The van der Waals surface area contributed by atoms with Crippen molar-refractivity contribution >= 4 is 47.8 Å². The number of carbonyl (C=O) groups excluding carboxylic acids is 8. The third-order valence-corrected chi connectivity index (χ3v) is 22.2. The SMILES string of the molecule is CCCC(C(CC)OC(=O)c1ccccc1)C(C)(CC)OC(=O)c1ccccc1.CCCC(C)(C(CC)OC(=O)c1ccccc1)C(CC)OC(=O)c1ccccc1.CCCC(CC)(CC(C)(CC)OC(=O)c1ccccc1)OC(=O)c1ccccc1.CCCC(CC)(OC(=O)c1ccccc1)C(C)C(CC)OC(=O)c1ccccc1. The van der Waals surface area contributed by atoms with Crippen LogP contribution in [0.25, 0.3) is 0 Å². The Morgan fingerprint density at radius 2 is 0.595 bits per heavy atom. The number of esters is 8. The van der Waals surface area contributed by atoms with E-state index in [9.17, 15) is 38.4 Å². The van der Waals surface area contributed by atoms with E-state index in [1.165, 1.54) is 0 Å². The summed E-state index contributed by atoms with van der Waals surface area (Å²) >= 11 is 0. The Morgan fingerprint density at radius 3 is 0.879 bits per heavy atom. The third kappa shape index (κ3) is 28.8. The van der Waals surface area contributed by atoms with Gasteiger partial charge in [-0.3, -0.25) is 0 Å². The number of ether oxygens (including phenoxy) is 8. The average Bonchev–Trinajstić information content (AvgIpc) is 0.833. The molecule has 0 amide bonds. The van der Waals surface area contributed by atoms with Crippen LogP contribution < -0.4 is 0 Å². The van der Waals surface area contributed by atoms with E-state index in [2.05, 4.69) is 34.6 Å². The first-order valence-electron chi connectivity index (χ1n) is 41.9. The molecule has 0 radical (unpaired) electrons. The van der Waals surface area contributed by atoms with E-state index in [1.54, 1.807) is 97.1 Å². The van der Waals surface area contributed by atoms with Gasteiger partial charge in [-0.2, -0.15) is 0 Å². The third-order valence-electron chi connectivity index (χ3n) is 22.2. The van der Waals surface area contributed by atoms with Crippen molar-refractivity contribution in [3.05, 3.63) is 287 Å². The fourth-order valence-electron chi connectivity index (χ4n) is 15.1. The smallest absolute Gasteiger partial charge is 0.338 e. The molecular formula is C100H128O16. The van der Waals surface area contributed by atoms with Crippen molar-refractivity contribution in [3.63, 3.8) is 0 Å². The van der Waals surface area contributed by atoms with E-state index in [0.717, 1.165) is 38.5 Å². The number of benzene rings is 8. The van der Waals surface area contributed by atoms with Crippen molar-refractivity contribution in [1.82, 2.24) is 0 Å². The van der Waals surface area contributed by atoms with Crippen molar-refractivity contribution < 1.29 is 76.3 Å². The zero-order valence-corrected chi connectivity index (χ0v) is 71.6. The molecule has 0 fully saturated rings. The summed E-state index contributed by atoms with van der Waals surface area (Å²) in [6, 6.07) is 72.0. The topological polar surface area (TPSA) is 210 Å². The summed E-state index contributed by atoms with van der Waals surface area (Å²) in [5.74, 6) is -2.99. The lowest BCUT2D eigenvalue weighted by Crippen LogP contribution is -2.47. The van der Waals surface area contributed by atoms with E-state index in [-0.39, 0.29) is 84.0 Å². The summed E-state index contributed by atoms with van der Waals surface area (Å²) in [4.78, 5) is 102. The van der Waals surface area contributed by atoms with Gasteiger partial charge in [0.1, 0.15) is 46.8 Å². The summed E-state index contributed by atoms with van der Waals surface area (Å²) < 4.78 is 47.8. The van der Waals surface area contributed by atoms with E-state index in [0.29, 0.717) is 115 Å². The van der Waals surface area contributed by atoms with Crippen LogP contribution in [0.2, 0.25) is 0 Å². The van der Waals surface area contributed by atoms with Gasteiger partial charge >= 0.3 is 47.8 Å². The largest absolute Gasteiger partial charge is 0.458 e. The summed E-state index contributed by atoms with van der Waals surface area (Å²) in [6.45, 7) is 32.3. The highest BCUT2D eigenvalue weighted by Gasteiger charge is 2.47. The van der Waals surface area contributed by atoms with Crippen molar-refractivity contribution in [1.29, 1.82) is 0 Å². The maximum atomic E-state index is 12.8. The highest BCUT2D eigenvalue weighted by Crippen LogP contribution is 2.42. The Hall–Kier alpha value is -10.5. The van der Waals surface area contributed by atoms with Crippen LogP contribution in [0.1, 0.15) is 303 Å². The maximum Gasteiger partial charge on any atom is 0.338 e. The minimum atomic E-state index is -0.741. The van der Waals surface area contributed by atoms with Gasteiger partial charge in [0.05, 0.1) is 44.5 Å². The fourth-order valence-corrected chi connectivity index (χ4v) is 15.1. The van der Waals surface area contributed by atoms with Gasteiger partial charge in [-0.1, -0.05) is 268 Å². The first-order chi connectivity index (χ1) is 55.7. The molecule has 0 heterocycles. The molecule has 0 aliphatic heterocycles. The zero-order chi connectivity index (χ0) is 85.2. The Morgan fingerprint density at radius 1 is 0.293 bits per heavy atom. The first kappa shape index (κ1) is 96.1. The molecule has 0 saturated carbocycles. The molecule has 10 unspecified atom stereocenters.